The van der Waals surface area contributed by atoms with Crippen molar-refractivity contribution >= 4 is 10.0 Å². The maximum absolute atomic E-state index is 11.8. The van der Waals surface area contributed by atoms with Crippen LogP contribution in [0, 0.1) is 0 Å². The van der Waals surface area contributed by atoms with Crippen LogP contribution in [-0.2, 0) is 21.3 Å². The normalized spacial score (nSPS) is 18.1. The number of ether oxygens (including phenoxy) is 1. The first-order chi connectivity index (χ1) is 9.00. The van der Waals surface area contributed by atoms with Gasteiger partial charge in [-0.25, -0.2) is 23.2 Å². The van der Waals surface area contributed by atoms with E-state index in [1.54, 1.807) is 6.07 Å². The van der Waals surface area contributed by atoms with Gasteiger partial charge in [0.1, 0.15) is 5.76 Å². The van der Waals surface area contributed by atoms with E-state index in [1.807, 2.05) is 5.01 Å². The Bertz CT molecular complexity index is 506. The zero-order valence-electron chi connectivity index (χ0n) is 11.1. The van der Waals surface area contributed by atoms with Crippen molar-refractivity contribution in [2.45, 2.75) is 11.6 Å². The van der Waals surface area contributed by atoms with Crippen LogP contribution in [0.15, 0.2) is 21.6 Å². The largest absolute Gasteiger partial charge is 0.447 e. The zero-order valence-corrected chi connectivity index (χ0v) is 11.9. The van der Waals surface area contributed by atoms with Crippen LogP contribution in [-0.4, -0.2) is 58.1 Å². The molecule has 2 heterocycles. The summed E-state index contributed by atoms with van der Waals surface area (Å²) in [6, 6.07) is 3.15. The molecule has 19 heavy (non-hydrogen) atoms. The maximum atomic E-state index is 11.8. The second kappa shape index (κ2) is 6.02. The maximum Gasteiger partial charge on any atom is 0.275 e. The van der Waals surface area contributed by atoms with Gasteiger partial charge in [0.2, 0.25) is 5.09 Å². The van der Waals surface area contributed by atoms with Crippen molar-refractivity contribution in [1.29, 1.82) is 0 Å². The molecule has 0 radical (unpaired) electrons. The van der Waals surface area contributed by atoms with Gasteiger partial charge in [-0.3, -0.25) is 0 Å². The van der Waals surface area contributed by atoms with E-state index in [-0.39, 0.29) is 5.09 Å². The Morgan fingerprint density at radius 3 is 2.63 bits per heavy atom. The molecule has 1 aromatic heterocycles. The van der Waals surface area contributed by atoms with Gasteiger partial charge < -0.3 is 9.15 Å². The summed E-state index contributed by atoms with van der Waals surface area (Å²) in [4.78, 5) is 0. The highest BCUT2D eigenvalue weighted by molar-refractivity contribution is 7.88. The molecule has 0 spiro atoms. The van der Waals surface area contributed by atoms with Crippen molar-refractivity contribution in [2.24, 2.45) is 0 Å². The van der Waals surface area contributed by atoms with Gasteiger partial charge in [-0.2, -0.15) is 0 Å². The highest BCUT2D eigenvalue weighted by Gasteiger charge is 2.21. The number of hydrogen-bond acceptors (Lipinski definition) is 6. The van der Waals surface area contributed by atoms with Crippen molar-refractivity contribution in [3.63, 3.8) is 0 Å². The van der Waals surface area contributed by atoms with Gasteiger partial charge in [0.05, 0.1) is 19.8 Å². The molecule has 0 amide bonds. The van der Waals surface area contributed by atoms with E-state index < -0.39 is 10.0 Å². The van der Waals surface area contributed by atoms with Crippen LogP contribution in [0.25, 0.3) is 0 Å². The summed E-state index contributed by atoms with van der Waals surface area (Å²) in [6.07, 6.45) is 0. The van der Waals surface area contributed by atoms with E-state index in [1.165, 1.54) is 20.2 Å². The van der Waals surface area contributed by atoms with Gasteiger partial charge in [-0.1, -0.05) is 0 Å². The van der Waals surface area contributed by atoms with Crippen LogP contribution in [0.4, 0.5) is 0 Å². The summed E-state index contributed by atoms with van der Waals surface area (Å²) >= 11 is 0. The first-order valence-corrected chi connectivity index (χ1v) is 7.51. The molecule has 1 aromatic rings. The topological polar surface area (TPSA) is 75.0 Å². The molecule has 1 fully saturated rings. The molecule has 0 atom stereocenters. The summed E-state index contributed by atoms with van der Waals surface area (Å²) in [5.41, 5.74) is 3.18. The number of nitrogens with one attached hydrogen (secondary N) is 1. The van der Waals surface area contributed by atoms with Gasteiger partial charge in [0.15, 0.2) is 0 Å². The predicted octanol–water partition coefficient (Wildman–Crippen LogP) is -0.133. The van der Waals surface area contributed by atoms with E-state index >= 15 is 0 Å². The average Bonchev–Trinajstić information content (AvgIpc) is 2.87. The molecule has 7 nitrogen and oxygen atoms in total. The molecule has 0 aliphatic carbocycles. The van der Waals surface area contributed by atoms with Gasteiger partial charge >= 0.3 is 0 Å². The molecule has 8 heteroatoms. The van der Waals surface area contributed by atoms with Gasteiger partial charge in [0, 0.05) is 27.2 Å². The molecule has 0 unspecified atom stereocenters. The Balaban J connectivity index is 1.94. The number of sulfonamides is 1. The van der Waals surface area contributed by atoms with E-state index in [0.29, 0.717) is 25.5 Å². The fraction of sp³-hybridized carbons (Fsp3) is 0.636. The molecule has 2 rings (SSSR count). The van der Waals surface area contributed by atoms with E-state index in [0.717, 1.165) is 17.4 Å². The lowest BCUT2D eigenvalue weighted by Crippen LogP contribution is -2.45. The monoisotopic (exact) mass is 289 g/mol. The van der Waals surface area contributed by atoms with Crippen LogP contribution in [0.5, 0.6) is 0 Å². The summed E-state index contributed by atoms with van der Waals surface area (Å²) in [5.74, 6) is 0.590. The third kappa shape index (κ3) is 3.54. The second-order valence-electron chi connectivity index (χ2n) is 4.44. The van der Waals surface area contributed by atoms with Crippen LogP contribution >= 0.6 is 0 Å². The fourth-order valence-electron chi connectivity index (χ4n) is 1.68. The third-order valence-corrected chi connectivity index (χ3v) is 4.55. The smallest absolute Gasteiger partial charge is 0.275 e. The Labute approximate surface area is 113 Å². The molecule has 1 N–H and O–H groups in total. The zero-order chi connectivity index (χ0) is 13.9. The Hall–Kier alpha value is -0.930. The van der Waals surface area contributed by atoms with Crippen LogP contribution in [0.2, 0.25) is 0 Å². The second-order valence-corrected chi connectivity index (χ2v) is 6.53. The standard InChI is InChI=1S/C11H19N3O4S/c1-13(2)19(15,16)11-4-3-10(18-11)9-12-14-5-7-17-8-6-14/h3-4,12H,5-9H2,1-2H3. The molecule has 1 aliphatic rings. The Kier molecular flexibility index (Phi) is 4.58. The van der Waals surface area contributed by atoms with Crippen LogP contribution < -0.4 is 5.43 Å². The Morgan fingerprint density at radius 1 is 1.32 bits per heavy atom. The summed E-state index contributed by atoms with van der Waals surface area (Å²) in [5, 5.41) is 2.00. The highest BCUT2D eigenvalue weighted by atomic mass is 32.2. The minimum absolute atomic E-state index is 0.0312. The third-order valence-electron chi connectivity index (χ3n) is 2.86. The summed E-state index contributed by atoms with van der Waals surface area (Å²) < 4.78 is 35.4. The number of rotatable bonds is 5. The van der Waals surface area contributed by atoms with Crippen molar-refractivity contribution in [3.05, 3.63) is 17.9 Å². The van der Waals surface area contributed by atoms with Crippen LogP contribution in [0.3, 0.4) is 0 Å². The molecule has 0 aromatic carbocycles. The molecule has 1 aliphatic heterocycles. The molecule has 0 bridgehead atoms. The molecular formula is C11H19N3O4S. The predicted molar refractivity (Wildman–Crippen MR) is 68.8 cm³/mol. The van der Waals surface area contributed by atoms with E-state index in [9.17, 15) is 8.42 Å². The number of morpholine rings is 1. The lowest BCUT2D eigenvalue weighted by molar-refractivity contribution is 0.00927. The summed E-state index contributed by atoms with van der Waals surface area (Å²) in [7, 11) is -0.543. The van der Waals surface area contributed by atoms with Gasteiger partial charge in [-0.15, -0.1) is 0 Å². The lowest BCUT2D eigenvalue weighted by Gasteiger charge is -2.26. The van der Waals surface area contributed by atoms with Crippen molar-refractivity contribution in [1.82, 2.24) is 14.7 Å². The molecule has 0 saturated carbocycles. The first kappa shape index (κ1) is 14.5. The van der Waals surface area contributed by atoms with Gasteiger partial charge in [0.25, 0.3) is 10.0 Å². The van der Waals surface area contributed by atoms with Crippen molar-refractivity contribution in [3.8, 4) is 0 Å². The molecule has 108 valence electrons. The minimum Gasteiger partial charge on any atom is -0.447 e. The Morgan fingerprint density at radius 2 is 2.00 bits per heavy atom. The number of nitrogens with zero attached hydrogens (tertiary/aromatic N) is 2. The number of hydrazine groups is 1. The van der Waals surface area contributed by atoms with Crippen LogP contribution in [0.1, 0.15) is 5.76 Å². The molecular weight excluding hydrogens is 270 g/mol. The lowest BCUT2D eigenvalue weighted by atomic mass is 10.4. The van der Waals surface area contributed by atoms with E-state index in [2.05, 4.69) is 5.43 Å². The minimum atomic E-state index is -3.49. The average molecular weight is 289 g/mol. The van der Waals surface area contributed by atoms with E-state index in [4.69, 9.17) is 9.15 Å². The van der Waals surface area contributed by atoms with Crippen molar-refractivity contribution in [2.75, 3.05) is 40.4 Å². The SMILES string of the molecule is CN(C)S(=O)(=O)c1ccc(CNN2CCOCC2)o1. The van der Waals surface area contributed by atoms with Crippen molar-refractivity contribution < 1.29 is 17.6 Å². The fourth-order valence-corrected chi connectivity index (χ4v) is 2.50. The summed E-state index contributed by atoms with van der Waals surface area (Å²) in [6.45, 7) is 3.48. The highest BCUT2D eigenvalue weighted by Crippen LogP contribution is 2.16. The van der Waals surface area contributed by atoms with Gasteiger partial charge in [-0.05, 0) is 12.1 Å². The number of hydrogen-bond donors (Lipinski definition) is 1. The quantitative estimate of drug-likeness (QED) is 0.813. The molecule has 1 saturated heterocycles. The number of furan rings is 1. The first-order valence-electron chi connectivity index (χ1n) is 6.07.